The minimum atomic E-state index is -4.77. The number of nitrogens with zero attached hydrogens (tertiary/aromatic N) is 1. The maximum atomic E-state index is 12.4. The van der Waals surface area contributed by atoms with Gasteiger partial charge in [-0.1, -0.05) is 27.5 Å². The van der Waals surface area contributed by atoms with Crippen molar-refractivity contribution >= 4 is 38.9 Å². The van der Waals surface area contributed by atoms with E-state index >= 15 is 0 Å². The van der Waals surface area contributed by atoms with Crippen LogP contribution in [0.15, 0.2) is 41.0 Å². The minimum absolute atomic E-state index is 0.160. The largest absolute Gasteiger partial charge is 0.573 e. The Bertz CT molecular complexity index is 622. The number of halogens is 5. The molecule has 0 aliphatic carbocycles. The summed E-state index contributed by atoms with van der Waals surface area (Å²) in [5.41, 5.74) is 0.659. The molecule has 106 valence electrons. The third-order valence-corrected chi connectivity index (χ3v) is 2.87. The predicted octanol–water partition coefficient (Wildman–Crippen LogP) is 5.14. The Balaban J connectivity index is 2.31. The first-order valence-corrected chi connectivity index (χ1v) is 6.44. The van der Waals surface area contributed by atoms with E-state index in [2.05, 4.69) is 31.0 Å². The number of hydrogen-bond acceptors (Lipinski definition) is 3. The van der Waals surface area contributed by atoms with Crippen LogP contribution in [-0.2, 0) is 0 Å². The first-order valence-electron chi connectivity index (χ1n) is 5.27. The van der Waals surface area contributed by atoms with E-state index in [9.17, 15) is 13.2 Å². The highest BCUT2D eigenvalue weighted by molar-refractivity contribution is 9.10. The third-order valence-electron chi connectivity index (χ3n) is 2.17. The highest BCUT2D eigenvalue weighted by Crippen LogP contribution is 2.34. The molecule has 1 aromatic carbocycles. The van der Waals surface area contributed by atoms with Crippen LogP contribution >= 0.6 is 27.5 Å². The van der Waals surface area contributed by atoms with Gasteiger partial charge in [0.15, 0.2) is 5.75 Å². The molecule has 0 aliphatic rings. The van der Waals surface area contributed by atoms with Crippen molar-refractivity contribution in [2.45, 2.75) is 6.36 Å². The number of benzene rings is 1. The van der Waals surface area contributed by atoms with Gasteiger partial charge in [0.25, 0.3) is 0 Å². The summed E-state index contributed by atoms with van der Waals surface area (Å²) in [5.74, 6) is -0.347. The van der Waals surface area contributed by atoms with Crippen molar-refractivity contribution in [2.24, 2.45) is 0 Å². The van der Waals surface area contributed by atoms with Crippen LogP contribution in [0.4, 0.5) is 24.5 Å². The van der Waals surface area contributed by atoms with Gasteiger partial charge in [-0.05, 0) is 30.3 Å². The summed E-state index contributed by atoms with van der Waals surface area (Å²) in [6.07, 6.45) is -3.33. The van der Waals surface area contributed by atoms with Crippen LogP contribution in [0.2, 0.25) is 5.15 Å². The lowest BCUT2D eigenvalue weighted by Gasteiger charge is -2.15. The highest BCUT2D eigenvalue weighted by atomic mass is 79.9. The van der Waals surface area contributed by atoms with Crippen LogP contribution in [-0.4, -0.2) is 11.3 Å². The van der Waals surface area contributed by atoms with Crippen LogP contribution < -0.4 is 10.1 Å². The fourth-order valence-corrected chi connectivity index (χ4v) is 1.96. The summed E-state index contributed by atoms with van der Waals surface area (Å²) in [7, 11) is 0. The quantitative estimate of drug-likeness (QED) is 0.763. The lowest BCUT2D eigenvalue weighted by atomic mass is 10.2. The SMILES string of the molecule is FC(F)(F)Oc1cc(Br)ccc1Nc1ccnc(Cl)c1. The lowest BCUT2D eigenvalue weighted by molar-refractivity contribution is -0.274. The van der Waals surface area contributed by atoms with Crippen LogP contribution in [0.5, 0.6) is 5.75 Å². The average Bonchev–Trinajstić information content (AvgIpc) is 2.31. The molecule has 0 unspecified atom stereocenters. The number of aromatic nitrogens is 1. The number of rotatable bonds is 3. The van der Waals surface area contributed by atoms with Crippen LogP contribution in [0, 0.1) is 0 Å². The van der Waals surface area contributed by atoms with Gasteiger partial charge in [-0.25, -0.2) is 4.98 Å². The van der Waals surface area contributed by atoms with E-state index in [4.69, 9.17) is 11.6 Å². The maximum absolute atomic E-state index is 12.4. The molecule has 3 nitrogen and oxygen atoms in total. The zero-order valence-corrected chi connectivity index (χ0v) is 12.1. The fourth-order valence-electron chi connectivity index (χ4n) is 1.44. The molecule has 1 heterocycles. The second-order valence-corrected chi connectivity index (χ2v) is 4.98. The number of pyridine rings is 1. The Kier molecular flexibility index (Phi) is 4.39. The molecule has 0 fully saturated rings. The summed E-state index contributed by atoms with van der Waals surface area (Å²) in [6, 6.07) is 7.33. The van der Waals surface area contributed by atoms with E-state index in [-0.39, 0.29) is 16.6 Å². The Labute approximate surface area is 125 Å². The summed E-state index contributed by atoms with van der Waals surface area (Å²) in [4.78, 5) is 3.78. The monoisotopic (exact) mass is 366 g/mol. The van der Waals surface area contributed by atoms with Crippen LogP contribution in [0.1, 0.15) is 0 Å². The van der Waals surface area contributed by atoms with Crippen molar-refractivity contribution < 1.29 is 17.9 Å². The topological polar surface area (TPSA) is 34.1 Å². The van der Waals surface area contributed by atoms with Gasteiger partial charge in [0.05, 0.1) is 5.69 Å². The number of ether oxygens (including phenoxy) is 1. The van der Waals surface area contributed by atoms with Gasteiger partial charge in [0, 0.05) is 16.4 Å². The average molecular weight is 368 g/mol. The van der Waals surface area contributed by atoms with E-state index in [0.29, 0.717) is 10.2 Å². The molecule has 2 aromatic rings. The number of hydrogen-bond donors (Lipinski definition) is 1. The van der Waals surface area contributed by atoms with Gasteiger partial charge in [0.1, 0.15) is 5.15 Å². The van der Waals surface area contributed by atoms with Crippen LogP contribution in [0.25, 0.3) is 0 Å². The molecule has 0 aliphatic heterocycles. The van der Waals surface area contributed by atoms with Crippen LogP contribution in [0.3, 0.4) is 0 Å². The second kappa shape index (κ2) is 5.88. The van der Waals surface area contributed by atoms with Crippen molar-refractivity contribution in [2.75, 3.05) is 5.32 Å². The van der Waals surface area contributed by atoms with Crippen molar-refractivity contribution in [3.8, 4) is 5.75 Å². The van der Waals surface area contributed by atoms with Gasteiger partial charge < -0.3 is 10.1 Å². The first kappa shape index (κ1) is 14.9. The number of alkyl halides is 3. The smallest absolute Gasteiger partial charge is 0.404 e. The van der Waals surface area contributed by atoms with Crippen molar-refractivity contribution in [3.63, 3.8) is 0 Å². The summed E-state index contributed by atoms with van der Waals surface area (Å²) in [6.45, 7) is 0. The Morgan fingerprint density at radius 3 is 2.60 bits per heavy atom. The van der Waals surface area contributed by atoms with Gasteiger partial charge in [-0.15, -0.1) is 13.2 Å². The molecule has 0 amide bonds. The Morgan fingerprint density at radius 2 is 1.95 bits per heavy atom. The molecule has 0 bridgehead atoms. The Morgan fingerprint density at radius 1 is 1.20 bits per heavy atom. The summed E-state index contributed by atoms with van der Waals surface area (Å²) >= 11 is 8.81. The van der Waals surface area contributed by atoms with Gasteiger partial charge >= 0.3 is 6.36 Å². The van der Waals surface area contributed by atoms with E-state index in [1.807, 2.05) is 0 Å². The molecule has 20 heavy (non-hydrogen) atoms. The minimum Gasteiger partial charge on any atom is -0.404 e. The Hall–Kier alpha value is -1.47. The molecule has 1 aromatic heterocycles. The van der Waals surface area contributed by atoms with Gasteiger partial charge in [0.2, 0.25) is 0 Å². The molecule has 0 radical (unpaired) electrons. The van der Waals surface area contributed by atoms with Gasteiger partial charge in [-0.3, -0.25) is 0 Å². The second-order valence-electron chi connectivity index (χ2n) is 3.68. The molecule has 2 rings (SSSR count). The summed E-state index contributed by atoms with van der Waals surface area (Å²) in [5, 5.41) is 3.02. The predicted molar refractivity (Wildman–Crippen MR) is 73.4 cm³/mol. The summed E-state index contributed by atoms with van der Waals surface area (Å²) < 4.78 is 41.5. The molecular weight excluding hydrogens is 360 g/mol. The molecular formula is C12H7BrClF3N2O. The standard InChI is InChI=1S/C12H7BrClF3N2O/c13-7-1-2-9(10(5-7)20-12(15,16)17)19-8-3-4-18-11(14)6-8/h1-6H,(H,18,19). The van der Waals surface area contributed by atoms with E-state index in [0.717, 1.165) is 0 Å². The first-order chi connectivity index (χ1) is 9.33. The molecule has 1 N–H and O–H groups in total. The van der Waals surface area contributed by atoms with Crippen molar-refractivity contribution in [3.05, 3.63) is 46.2 Å². The highest BCUT2D eigenvalue weighted by Gasteiger charge is 2.32. The molecule has 0 saturated heterocycles. The normalized spacial score (nSPS) is 11.2. The van der Waals surface area contributed by atoms with Crippen molar-refractivity contribution in [1.82, 2.24) is 4.98 Å². The zero-order valence-electron chi connectivity index (χ0n) is 9.71. The van der Waals surface area contributed by atoms with Crippen molar-refractivity contribution in [1.29, 1.82) is 0 Å². The fraction of sp³-hybridized carbons (Fsp3) is 0.0833. The molecule has 0 atom stereocenters. The van der Waals surface area contributed by atoms with E-state index in [1.54, 1.807) is 12.1 Å². The maximum Gasteiger partial charge on any atom is 0.573 e. The molecule has 0 spiro atoms. The molecule has 8 heteroatoms. The number of nitrogens with one attached hydrogen (secondary N) is 1. The van der Waals surface area contributed by atoms with Gasteiger partial charge in [-0.2, -0.15) is 0 Å². The number of anilines is 2. The third kappa shape index (κ3) is 4.28. The van der Waals surface area contributed by atoms with E-state index in [1.165, 1.54) is 24.4 Å². The zero-order chi connectivity index (χ0) is 14.8. The lowest BCUT2D eigenvalue weighted by Crippen LogP contribution is -2.17. The van der Waals surface area contributed by atoms with E-state index < -0.39 is 6.36 Å². The molecule has 0 saturated carbocycles.